The number of thiazole rings is 1. The lowest BCUT2D eigenvalue weighted by molar-refractivity contribution is -0.147. The van der Waals surface area contributed by atoms with Crippen LogP contribution in [0.5, 0.6) is 0 Å². The SMILES string of the molecule is O=C(COC(=O)Cc1csc(-c2cccs2)n1)NC1CC1. The fourth-order valence-electron chi connectivity index (χ4n) is 1.74. The van der Waals surface area contributed by atoms with Crippen LogP contribution in [0.25, 0.3) is 9.88 Å². The molecule has 0 spiro atoms. The minimum Gasteiger partial charge on any atom is -0.455 e. The molecule has 110 valence electrons. The number of thiophene rings is 1. The first-order chi connectivity index (χ1) is 10.2. The molecular weight excluding hydrogens is 308 g/mol. The molecule has 2 aromatic heterocycles. The molecule has 2 aromatic rings. The van der Waals surface area contributed by atoms with Gasteiger partial charge in [-0.2, -0.15) is 0 Å². The number of carbonyl (C=O) groups is 2. The molecular formula is C14H14N2O3S2. The summed E-state index contributed by atoms with van der Waals surface area (Å²) in [6.07, 6.45) is 2.13. The van der Waals surface area contributed by atoms with E-state index in [9.17, 15) is 9.59 Å². The molecule has 0 aromatic carbocycles. The maximum absolute atomic E-state index is 11.7. The van der Waals surface area contributed by atoms with Crippen LogP contribution in [-0.2, 0) is 20.7 Å². The van der Waals surface area contributed by atoms with Gasteiger partial charge in [-0.3, -0.25) is 9.59 Å². The lowest BCUT2D eigenvalue weighted by Gasteiger charge is -2.04. The Kier molecular flexibility index (Phi) is 4.31. The van der Waals surface area contributed by atoms with Crippen molar-refractivity contribution in [2.75, 3.05) is 6.61 Å². The van der Waals surface area contributed by atoms with Crippen molar-refractivity contribution in [2.45, 2.75) is 25.3 Å². The molecule has 1 saturated carbocycles. The summed E-state index contributed by atoms with van der Waals surface area (Å²) in [5, 5.41) is 7.51. The van der Waals surface area contributed by atoms with E-state index in [0.29, 0.717) is 5.69 Å². The number of esters is 1. The van der Waals surface area contributed by atoms with Gasteiger partial charge in [0.25, 0.3) is 5.91 Å². The number of amides is 1. The van der Waals surface area contributed by atoms with Gasteiger partial charge in [-0.1, -0.05) is 6.07 Å². The minimum atomic E-state index is -0.427. The monoisotopic (exact) mass is 322 g/mol. The third-order valence-corrected chi connectivity index (χ3v) is 4.85. The highest BCUT2D eigenvalue weighted by molar-refractivity contribution is 7.20. The largest absolute Gasteiger partial charge is 0.455 e. The van der Waals surface area contributed by atoms with E-state index in [1.54, 1.807) is 11.3 Å². The van der Waals surface area contributed by atoms with E-state index < -0.39 is 5.97 Å². The lowest BCUT2D eigenvalue weighted by Crippen LogP contribution is -2.30. The topological polar surface area (TPSA) is 68.3 Å². The zero-order valence-electron chi connectivity index (χ0n) is 11.2. The van der Waals surface area contributed by atoms with E-state index in [1.807, 2.05) is 22.9 Å². The van der Waals surface area contributed by atoms with Crippen molar-refractivity contribution in [3.63, 3.8) is 0 Å². The summed E-state index contributed by atoms with van der Waals surface area (Å²) in [7, 11) is 0. The van der Waals surface area contributed by atoms with Gasteiger partial charge in [0.2, 0.25) is 0 Å². The highest BCUT2D eigenvalue weighted by Crippen LogP contribution is 2.27. The van der Waals surface area contributed by atoms with Crippen LogP contribution in [0.2, 0.25) is 0 Å². The van der Waals surface area contributed by atoms with E-state index >= 15 is 0 Å². The summed E-state index contributed by atoms with van der Waals surface area (Å²) in [5.41, 5.74) is 0.677. The zero-order chi connectivity index (χ0) is 14.7. The van der Waals surface area contributed by atoms with Crippen LogP contribution < -0.4 is 5.32 Å². The van der Waals surface area contributed by atoms with Crippen molar-refractivity contribution in [3.8, 4) is 9.88 Å². The van der Waals surface area contributed by atoms with Crippen LogP contribution in [-0.4, -0.2) is 29.5 Å². The Bertz CT molecular complexity index is 632. The standard InChI is InChI=1S/C14H14N2O3S2/c17-12(15-9-3-4-9)7-19-13(18)6-10-8-21-14(16-10)11-2-1-5-20-11/h1-2,5,8-9H,3-4,6-7H2,(H,15,17). The van der Waals surface area contributed by atoms with Gasteiger partial charge in [-0.15, -0.1) is 22.7 Å². The number of hydrogen-bond acceptors (Lipinski definition) is 6. The third-order valence-electron chi connectivity index (χ3n) is 2.92. The van der Waals surface area contributed by atoms with Gasteiger partial charge in [-0.25, -0.2) is 4.98 Å². The Morgan fingerprint density at radius 1 is 1.38 bits per heavy atom. The first-order valence-corrected chi connectivity index (χ1v) is 8.40. The van der Waals surface area contributed by atoms with Crippen LogP contribution in [0.15, 0.2) is 22.9 Å². The fraction of sp³-hybridized carbons (Fsp3) is 0.357. The van der Waals surface area contributed by atoms with Crippen molar-refractivity contribution in [3.05, 3.63) is 28.6 Å². The average Bonchev–Trinajstić information content (AvgIpc) is 2.95. The second kappa shape index (κ2) is 6.36. The molecule has 0 bridgehead atoms. The molecule has 3 rings (SSSR count). The molecule has 0 radical (unpaired) electrons. The zero-order valence-corrected chi connectivity index (χ0v) is 12.8. The van der Waals surface area contributed by atoms with Gasteiger partial charge in [-0.05, 0) is 24.3 Å². The Morgan fingerprint density at radius 3 is 2.95 bits per heavy atom. The molecule has 0 aliphatic heterocycles. The summed E-state index contributed by atoms with van der Waals surface area (Å²) >= 11 is 3.12. The van der Waals surface area contributed by atoms with Crippen molar-refractivity contribution in [1.82, 2.24) is 10.3 Å². The predicted molar refractivity (Wildman–Crippen MR) is 81.3 cm³/mol. The fourth-order valence-corrected chi connectivity index (χ4v) is 3.38. The van der Waals surface area contributed by atoms with Crippen molar-refractivity contribution in [2.24, 2.45) is 0 Å². The Labute approximate surface area is 130 Å². The quantitative estimate of drug-likeness (QED) is 0.828. The Morgan fingerprint density at radius 2 is 2.24 bits per heavy atom. The predicted octanol–water partition coefficient (Wildman–Crippen LogP) is 2.24. The number of ether oxygens (including phenoxy) is 1. The highest BCUT2D eigenvalue weighted by Gasteiger charge is 2.23. The second-order valence-corrected chi connectivity index (χ2v) is 6.61. The van der Waals surface area contributed by atoms with Crippen LogP contribution in [0.3, 0.4) is 0 Å². The molecule has 1 fully saturated rings. The number of hydrogen-bond donors (Lipinski definition) is 1. The number of rotatable bonds is 6. The molecule has 0 saturated heterocycles. The van der Waals surface area contributed by atoms with Crippen LogP contribution in [0.4, 0.5) is 0 Å². The first-order valence-electron chi connectivity index (χ1n) is 6.64. The maximum Gasteiger partial charge on any atom is 0.312 e. The third kappa shape index (κ3) is 4.12. The molecule has 5 nitrogen and oxygen atoms in total. The van der Waals surface area contributed by atoms with E-state index in [1.165, 1.54) is 11.3 Å². The Balaban J connectivity index is 1.47. The van der Waals surface area contributed by atoms with Crippen LogP contribution >= 0.6 is 22.7 Å². The number of carbonyl (C=O) groups excluding carboxylic acids is 2. The van der Waals surface area contributed by atoms with Crippen molar-refractivity contribution < 1.29 is 14.3 Å². The summed E-state index contributed by atoms with van der Waals surface area (Å²) in [6.45, 7) is -0.211. The number of aromatic nitrogens is 1. The highest BCUT2D eigenvalue weighted by atomic mass is 32.1. The molecule has 1 aliphatic carbocycles. The average molecular weight is 322 g/mol. The molecule has 0 atom stereocenters. The summed E-state index contributed by atoms with van der Waals surface area (Å²) in [5.74, 6) is -0.660. The lowest BCUT2D eigenvalue weighted by atomic mass is 10.3. The van der Waals surface area contributed by atoms with Crippen LogP contribution in [0, 0.1) is 0 Å². The summed E-state index contributed by atoms with van der Waals surface area (Å²) in [6, 6.07) is 4.24. The Hall–Kier alpha value is -1.73. The van der Waals surface area contributed by atoms with Gasteiger partial charge in [0.1, 0.15) is 5.01 Å². The molecule has 1 N–H and O–H groups in total. The van der Waals surface area contributed by atoms with Gasteiger partial charge in [0.15, 0.2) is 6.61 Å². The van der Waals surface area contributed by atoms with Gasteiger partial charge in [0.05, 0.1) is 17.0 Å². The maximum atomic E-state index is 11.7. The van der Waals surface area contributed by atoms with E-state index in [0.717, 1.165) is 22.7 Å². The second-order valence-electron chi connectivity index (χ2n) is 4.80. The summed E-state index contributed by atoms with van der Waals surface area (Å²) < 4.78 is 4.95. The van der Waals surface area contributed by atoms with Gasteiger partial charge in [0, 0.05) is 11.4 Å². The summed E-state index contributed by atoms with van der Waals surface area (Å²) in [4.78, 5) is 28.6. The van der Waals surface area contributed by atoms with E-state index in [2.05, 4.69) is 10.3 Å². The van der Waals surface area contributed by atoms with Crippen molar-refractivity contribution >= 4 is 34.6 Å². The molecule has 0 unspecified atom stereocenters. The van der Waals surface area contributed by atoms with Gasteiger partial charge >= 0.3 is 5.97 Å². The van der Waals surface area contributed by atoms with E-state index in [-0.39, 0.29) is 25.0 Å². The number of nitrogens with zero attached hydrogens (tertiary/aromatic N) is 1. The molecule has 7 heteroatoms. The molecule has 21 heavy (non-hydrogen) atoms. The van der Waals surface area contributed by atoms with Crippen LogP contribution in [0.1, 0.15) is 18.5 Å². The smallest absolute Gasteiger partial charge is 0.312 e. The molecule has 1 aliphatic rings. The van der Waals surface area contributed by atoms with Gasteiger partial charge < -0.3 is 10.1 Å². The van der Waals surface area contributed by atoms with E-state index in [4.69, 9.17) is 4.74 Å². The molecule has 2 heterocycles. The minimum absolute atomic E-state index is 0.0958. The van der Waals surface area contributed by atoms with Crippen molar-refractivity contribution in [1.29, 1.82) is 0 Å². The first kappa shape index (κ1) is 14.2. The normalized spacial score (nSPS) is 13.9. The number of nitrogens with one attached hydrogen (secondary N) is 1. The molecule has 1 amide bonds.